The van der Waals surface area contributed by atoms with Gasteiger partial charge in [0.05, 0.1) is 5.41 Å². The molecule has 0 atom stereocenters. The highest BCUT2D eigenvalue weighted by molar-refractivity contribution is 6.17. The second-order valence-corrected chi connectivity index (χ2v) is 5.13. The number of carboxylic acid groups (broad SMARTS) is 1. The molecule has 0 aliphatic heterocycles. The molecule has 0 aromatic heterocycles. The van der Waals surface area contributed by atoms with Crippen LogP contribution in [-0.2, 0) is 4.79 Å². The van der Waals surface area contributed by atoms with Gasteiger partial charge in [0.15, 0.2) is 0 Å². The van der Waals surface area contributed by atoms with Gasteiger partial charge in [-0.3, -0.25) is 4.79 Å². The van der Waals surface area contributed by atoms with Crippen LogP contribution in [0.2, 0.25) is 0 Å². The maximum atomic E-state index is 10.8. The van der Waals surface area contributed by atoms with Gasteiger partial charge in [-0.25, -0.2) is 0 Å². The third-order valence-electron chi connectivity index (χ3n) is 2.76. The third-order valence-corrected chi connectivity index (χ3v) is 3.03. The smallest absolute Gasteiger partial charge is 0.309 e. The van der Waals surface area contributed by atoms with Crippen molar-refractivity contribution in [2.24, 2.45) is 5.41 Å². The number of hydrogen-bond donors (Lipinski definition) is 1. The maximum absolute atomic E-state index is 10.8. The highest BCUT2D eigenvalue weighted by Gasteiger charge is 2.25. The van der Waals surface area contributed by atoms with Crippen LogP contribution < -0.4 is 0 Å². The van der Waals surface area contributed by atoms with E-state index in [9.17, 15) is 4.79 Å². The summed E-state index contributed by atoms with van der Waals surface area (Å²) >= 11 is 5.57. The fourth-order valence-electron chi connectivity index (χ4n) is 1.48. The molecule has 0 aromatic rings. The van der Waals surface area contributed by atoms with Crippen LogP contribution in [0.25, 0.3) is 0 Å². The molecule has 90 valence electrons. The Morgan fingerprint density at radius 1 is 1.07 bits per heavy atom. The normalized spacial score (nSPS) is 11.7. The number of halogens is 1. The van der Waals surface area contributed by atoms with E-state index in [-0.39, 0.29) is 0 Å². The van der Waals surface area contributed by atoms with E-state index in [1.807, 2.05) is 0 Å². The summed E-state index contributed by atoms with van der Waals surface area (Å²) in [6.07, 6.45) is 7.65. The van der Waals surface area contributed by atoms with Gasteiger partial charge in [-0.1, -0.05) is 32.1 Å². The van der Waals surface area contributed by atoms with E-state index in [0.29, 0.717) is 0 Å². The predicted molar refractivity (Wildman–Crippen MR) is 64.5 cm³/mol. The minimum atomic E-state index is -0.690. The minimum Gasteiger partial charge on any atom is -0.481 e. The van der Waals surface area contributed by atoms with Crippen LogP contribution in [-0.4, -0.2) is 17.0 Å². The summed E-state index contributed by atoms with van der Waals surface area (Å²) < 4.78 is 0. The summed E-state index contributed by atoms with van der Waals surface area (Å²) in [6, 6.07) is 0. The Morgan fingerprint density at radius 3 is 2.00 bits per heavy atom. The van der Waals surface area contributed by atoms with Gasteiger partial charge >= 0.3 is 5.97 Å². The lowest BCUT2D eigenvalue weighted by Crippen LogP contribution is -2.23. The molecule has 0 rings (SSSR count). The van der Waals surface area contributed by atoms with Crippen molar-refractivity contribution in [1.29, 1.82) is 0 Å². The van der Waals surface area contributed by atoms with Crippen molar-refractivity contribution < 1.29 is 9.90 Å². The molecule has 1 N–H and O–H groups in total. The quantitative estimate of drug-likeness (QED) is 0.482. The third kappa shape index (κ3) is 7.66. The molecule has 0 unspecified atom stereocenters. The van der Waals surface area contributed by atoms with Gasteiger partial charge in [-0.15, -0.1) is 11.6 Å². The molecule has 0 aromatic carbocycles. The molecule has 0 amide bonds. The summed E-state index contributed by atoms with van der Waals surface area (Å²) in [4.78, 5) is 10.8. The molecule has 3 heteroatoms. The maximum Gasteiger partial charge on any atom is 0.309 e. The van der Waals surface area contributed by atoms with E-state index < -0.39 is 11.4 Å². The Balaban J connectivity index is 3.35. The number of alkyl halides is 1. The Labute approximate surface area is 98.0 Å². The summed E-state index contributed by atoms with van der Waals surface area (Å²) in [7, 11) is 0. The number of aliphatic carboxylic acids is 1. The number of unbranched alkanes of at least 4 members (excludes halogenated alkanes) is 5. The van der Waals surface area contributed by atoms with Gasteiger partial charge in [-0.2, -0.15) is 0 Å². The van der Waals surface area contributed by atoms with Crippen molar-refractivity contribution in [1.82, 2.24) is 0 Å². The zero-order valence-electron chi connectivity index (χ0n) is 9.89. The van der Waals surface area contributed by atoms with Crippen molar-refractivity contribution in [3.63, 3.8) is 0 Å². The van der Waals surface area contributed by atoms with Crippen molar-refractivity contribution in [3.8, 4) is 0 Å². The fraction of sp³-hybridized carbons (Fsp3) is 0.917. The van der Waals surface area contributed by atoms with Crippen LogP contribution in [0.15, 0.2) is 0 Å². The highest BCUT2D eigenvalue weighted by atomic mass is 35.5. The summed E-state index contributed by atoms with van der Waals surface area (Å²) in [5.74, 6) is 0.0658. The standard InChI is InChI=1S/C12H23ClO2/c1-12(2,11(14)15)9-7-5-3-4-6-8-10-13/h3-10H2,1-2H3,(H,14,15). The van der Waals surface area contributed by atoms with E-state index in [1.54, 1.807) is 13.8 Å². The van der Waals surface area contributed by atoms with Crippen LogP contribution in [0.4, 0.5) is 0 Å². The monoisotopic (exact) mass is 234 g/mol. The molecule has 2 nitrogen and oxygen atoms in total. The van der Waals surface area contributed by atoms with Crippen LogP contribution >= 0.6 is 11.6 Å². The van der Waals surface area contributed by atoms with Crippen molar-refractivity contribution in [2.75, 3.05) is 5.88 Å². The van der Waals surface area contributed by atoms with Gasteiger partial charge in [0, 0.05) is 5.88 Å². The van der Waals surface area contributed by atoms with Gasteiger partial charge in [0.25, 0.3) is 0 Å². The summed E-state index contributed by atoms with van der Waals surface area (Å²) in [5.41, 5.74) is -0.559. The molecule has 0 saturated carbocycles. The molecule has 0 bridgehead atoms. The van der Waals surface area contributed by atoms with E-state index in [1.165, 1.54) is 19.3 Å². The molecule has 15 heavy (non-hydrogen) atoms. The minimum absolute atomic E-state index is 0.559. The number of carbonyl (C=O) groups is 1. The van der Waals surface area contributed by atoms with Crippen molar-refractivity contribution in [2.45, 2.75) is 58.8 Å². The number of carboxylic acids is 1. The van der Waals surface area contributed by atoms with Gasteiger partial charge < -0.3 is 5.11 Å². The second kappa shape index (κ2) is 7.98. The van der Waals surface area contributed by atoms with Crippen LogP contribution in [0.5, 0.6) is 0 Å². The van der Waals surface area contributed by atoms with Crippen LogP contribution in [0.1, 0.15) is 58.8 Å². The van der Waals surface area contributed by atoms with Gasteiger partial charge in [0.1, 0.15) is 0 Å². The second-order valence-electron chi connectivity index (χ2n) is 4.75. The lowest BCUT2D eigenvalue weighted by Gasteiger charge is -2.18. The van der Waals surface area contributed by atoms with Gasteiger partial charge in [-0.05, 0) is 26.7 Å². The Kier molecular flexibility index (Phi) is 7.85. The summed E-state index contributed by atoms with van der Waals surface area (Å²) in [5, 5.41) is 8.90. The molecule has 0 radical (unpaired) electrons. The van der Waals surface area contributed by atoms with Crippen LogP contribution in [0, 0.1) is 5.41 Å². The average Bonchev–Trinajstić information content (AvgIpc) is 2.16. The number of hydrogen-bond acceptors (Lipinski definition) is 1. The molecule has 0 aliphatic rings. The highest BCUT2D eigenvalue weighted by Crippen LogP contribution is 2.24. The molecule has 0 fully saturated rings. The lowest BCUT2D eigenvalue weighted by atomic mass is 9.87. The van der Waals surface area contributed by atoms with Crippen LogP contribution in [0.3, 0.4) is 0 Å². The average molecular weight is 235 g/mol. The van der Waals surface area contributed by atoms with Gasteiger partial charge in [0.2, 0.25) is 0 Å². The molecule has 0 spiro atoms. The van der Waals surface area contributed by atoms with E-state index >= 15 is 0 Å². The largest absolute Gasteiger partial charge is 0.481 e. The van der Waals surface area contributed by atoms with E-state index in [4.69, 9.17) is 16.7 Å². The van der Waals surface area contributed by atoms with E-state index in [0.717, 1.165) is 31.6 Å². The lowest BCUT2D eigenvalue weighted by molar-refractivity contribution is -0.147. The van der Waals surface area contributed by atoms with E-state index in [2.05, 4.69) is 0 Å². The molecule has 0 heterocycles. The predicted octanol–water partition coefficient (Wildman–Crippen LogP) is 4.07. The van der Waals surface area contributed by atoms with Crippen molar-refractivity contribution in [3.05, 3.63) is 0 Å². The SMILES string of the molecule is CC(C)(CCCCCCCCCl)C(=O)O. The fourth-order valence-corrected chi connectivity index (χ4v) is 1.66. The molecular formula is C12H23ClO2. The topological polar surface area (TPSA) is 37.3 Å². The first-order valence-corrected chi connectivity index (χ1v) is 6.33. The zero-order valence-corrected chi connectivity index (χ0v) is 10.6. The molecule has 0 saturated heterocycles. The Morgan fingerprint density at radius 2 is 1.53 bits per heavy atom. The molecule has 0 aliphatic carbocycles. The van der Waals surface area contributed by atoms with Crippen molar-refractivity contribution >= 4 is 17.6 Å². The Bertz CT molecular complexity index is 178. The molecular weight excluding hydrogens is 212 g/mol. The first-order chi connectivity index (χ1) is 7.00. The zero-order chi connectivity index (χ0) is 11.7. The Hall–Kier alpha value is -0.240. The first kappa shape index (κ1) is 14.8. The number of rotatable bonds is 9. The first-order valence-electron chi connectivity index (χ1n) is 5.80. The summed E-state index contributed by atoms with van der Waals surface area (Å²) in [6.45, 7) is 3.59.